The van der Waals surface area contributed by atoms with Crippen LogP contribution in [0, 0.1) is 0 Å². The average Bonchev–Trinajstić information content (AvgIpc) is 3.00. The Balaban J connectivity index is 1.83. The summed E-state index contributed by atoms with van der Waals surface area (Å²) in [6, 6.07) is 23.5. The third-order valence-corrected chi connectivity index (χ3v) is 6.06. The van der Waals surface area contributed by atoms with E-state index in [1.807, 2.05) is 12.1 Å². The monoisotopic (exact) mass is 330 g/mol. The number of hydrogen-bond donors (Lipinski definition) is 0. The first-order valence-corrected chi connectivity index (χ1v) is 10.7. The van der Waals surface area contributed by atoms with Gasteiger partial charge in [-0.05, 0) is 24.3 Å². The van der Waals surface area contributed by atoms with Crippen molar-refractivity contribution in [2.45, 2.75) is 13.1 Å². The first kappa shape index (κ1) is 15.0. The van der Waals surface area contributed by atoms with E-state index >= 15 is 0 Å². The molecule has 0 fully saturated rings. The standard InChI is InChI=1S/C21H20NOSi/c1-22(15-11-13-16(14-12-15)24(2)3)19-9-6-8-18-17-7-4-5-10-20(17)23-21(18)19/h4-14H,1-3H3. The summed E-state index contributed by atoms with van der Waals surface area (Å²) in [6.07, 6.45) is 0. The van der Waals surface area contributed by atoms with Gasteiger partial charge in [0.1, 0.15) is 5.58 Å². The van der Waals surface area contributed by atoms with Crippen LogP contribution in [-0.4, -0.2) is 15.8 Å². The van der Waals surface area contributed by atoms with Crippen LogP contribution in [0.5, 0.6) is 0 Å². The third kappa shape index (κ3) is 2.41. The maximum absolute atomic E-state index is 6.15. The second-order valence-corrected chi connectivity index (χ2v) is 8.94. The molecule has 0 atom stereocenters. The summed E-state index contributed by atoms with van der Waals surface area (Å²) in [6.45, 7) is 4.64. The molecule has 4 aromatic rings. The molecule has 0 bridgehead atoms. The van der Waals surface area contributed by atoms with Gasteiger partial charge in [-0.25, -0.2) is 0 Å². The Bertz CT molecular complexity index is 1000. The van der Waals surface area contributed by atoms with Gasteiger partial charge in [0.05, 0.1) is 14.5 Å². The maximum Gasteiger partial charge on any atom is 0.159 e. The first-order valence-electron chi connectivity index (χ1n) is 8.20. The summed E-state index contributed by atoms with van der Waals surface area (Å²) in [5.74, 6) is 0. The predicted octanol–water partition coefficient (Wildman–Crippen LogP) is 5.32. The van der Waals surface area contributed by atoms with Gasteiger partial charge in [0.15, 0.2) is 5.58 Å². The van der Waals surface area contributed by atoms with Gasteiger partial charge in [-0.15, -0.1) is 0 Å². The van der Waals surface area contributed by atoms with Crippen molar-refractivity contribution in [1.29, 1.82) is 0 Å². The molecule has 1 heterocycles. The predicted molar refractivity (Wildman–Crippen MR) is 105 cm³/mol. The number of rotatable bonds is 3. The molecular weight excluding hydrogens is 310 g/mol. The minimum absolute atomic E-state index is 0.407. The SMILES string of the molecule is CN(c1ccc([Si](C)C)cc1)c1cccc2c1oc1ccccc12. The Morgan fingerprint density at radius 3 is 2.25 bits per heavy atom. The molecule has 0 saturated heterocycles. The second-order valence-electron chi connectivity index (χ2n) is 6.36. The molecule has 0 spiro atoms. The van der Waals surface area contributed by atoms with Gasteiger partial charge >= 0.3 is 0 Å². The van der Waals surface area contributed by atoms with Crippen molar-refractivity contribution in [3.05, 3.63) is 66.7 Å². The Morgan fingerprint density at radius 1 is 0.792 bits per heavy atom. The number of anilines is 2. The Morgan fingerprint density at radius 2 is 1.50 bits per heavy atom. The molecule has 119 valence electrons. The van der Waals surface area contributed by atoms with Crippen molar-refractivity contribution < 1.29 is 4.42 Å². The highest BCUT2D eigenvalue weighted by Crippen LogP contribution is 2.36. The van der Waals surface area contributed by atoms with Crippen LogP contribution in [0.1, 0.15) is 0 Å². The average molecular weight is 330 g/mol. The Hall–Kier alpha value is -2.52. The molecule has 0 aliphatic carbocycles. The summed E-state index contributed by atoms with van der Waals surface area (Å²) >= 11 is 0. The van der Waals surface area contributed by atoms with Gasteiger partial charge in [-0.1, -0.05) is 60.7 Å². The van der Waals surface area contributed by atoms with Gasteiger partial charge in [0, 0.05) is 23.5 Å². The largest absolute Gasteiger partial charge is 0.454 e. The lowest BCUT2D eigenvalue weighted by Crippen LogP contribution is -2.22. The number of nitrogens with zero attached hydrogens (tertiary/aromatic N) is 1. The molecule has 0 saturated carbocycles. The van der Waals surface area contributed by atoms with Gasteiger partial charge in [-0.3, -0.25) is 0 Å². The fourth-order valence-corrected chi connectivity index (χ4v) is 3.99. The molecule has 24 heavy (non-hydrogen) atoms. The first-order chi connectivity index (χ1) is 11.6. The Labute approximate surface area is 143 Å². The highest BCUT2D eigenvalue weighted by atomic mass is 28.3. The summed E-state index contributed by atoms with van der Waals surface area (Å²) in [5.41, 5.74) is 4.15. The van der Waals surface area contributed by atoms with Gasteiger partial charge in [0.25, 0.3) is 0 Å². The Kier molecular flexibility index (Phi) is 3.66. The molecule has 2 nitrogen and oxygen atoms in total. The number of hydrogen-bond acceptors (Lipinski definition) is 2. The van der Waals surface area contributed by atoms with Crippen molar-refractivity contribution in [1.82, 2.24) is 0 Å². The third-order valence-electron chi connectivity index (χ3n) is 4.58. The van der Waals surface area contributed by atoms with Crippen LogP contribution in [0.15, 0.2) is 71.1 Å². The quantitative estimate of drug-likeness (QED) is 0.473. The highest BCUT2D eigenvalue weighted by Gasteiger charge is 2.14. The molecule has 0 N–H and O–H groups in total. The van der Waals surface area contributed by atoms with Gasteiger partial charge < -0.3 is 9.32 Å². The highest BCUT2D eigenvalue weighted by molar-refractivity contribution is 6.70. The summed E-state index contributed by atoms with van der Waals surface area (Å²) < 4.78 is 6.15. The smallest absolute Gasteiger partial charge is 0.159 e. The normalized spacial score (nSPS) is 11.5. The molecule has 0 unspecified atom stereocenters. The summed E-state index contributed by atoms with van der Waals surface area (Å²) in [7, 11) is 1.69. The molecule has 4 rings (SSSR count). The molecular formula is C21H20NOSi. The van der Waals surface area contributed by atoms with Crippen molar-refractivity contribution in [2.75, 3.05) is 11.9 Å². The molecule has 0 aliphatic rings. The molecule has 1 aromatic heterocycles. The van der Waals surface area contributed by atoms with E-state index in [1.165, 1.54) is 21.6 Å². The van der Waals surface area contributed by atoms with E-state index in [0.717, 1.165) is 16.9 Å². The summed E-state index contributed by atoms with van der Waals surface area (Å²) in [4.78, 5) is 2.20. The molecule has 1 radical (unpaired) electrons. The van der Waals surface area contributed by atoms with Crippen LogP contribution in [0.3, 0.4) is 0 Å². The van der Waals surface area contributed by atoms with Crippen LogP contribution in [0.25, 0.3) is 21.9 Å². The molecule has 0 aliphatic heterocycles. The number of furan rings is 1. The number of para-hydroxylation sites is 2. The van der Waals surface area contributed by atoms with E-state index in [1.54, 1.807) is 0 Å². The number of benzene rings is 3. The molecule has 3 heteroatoms. The van der Waals surface area contributed by atoms with E-state index in [2.05, 4.69) is 79.6 Å². The summed E-state index contributed by atoms with van der Waals surface area (Å²) in [5, 5.41) is 3.79. The van der Waals surface area contributed by atoms with E-state index in [0.29, 0.717) is 0 Å². The zero-order valence-electron chi connectivity index (χ0n) is 14.2. The van der Waals surface area contributed by atoms with Crippen molar-refractivity contribution in [2.24, 2.45) is 0 Å². The van der Waals surface area contributed by atoms with Crippen LogP contribution >= 0.6 is 0 Å². The van der Waals surface area contributed by atoms with Crippen molar-refractivity contribution >= 4 is 47.3 Å². The number of fused-ring (bicyclic) bond motifs is 3. The topological polar surface area (TPSA) is 16.4 Å². The minimum Gasteiger partial charge on any atom is -0.454 e. The van der Waals surface area contributed by atoms with E-state index in [4.69, 9.17) is 4.42 Å². The van der Waals surface area contributed by atoms with Gasteiger partial charge in [-0.2, -0.15) is 0 Å². The second kappa shape index (κ2) is 5.84. The van der Waals surface area contributed by atoms with Crippen molar-refractivity contribution in [3.63, 3.8) is 0 Å². The van der Waals surface area contributed by atoms with Crippen molar-refractivity contribution in [3.8, 4) is 0 Å². The fourth-order valence-electron chi connectivity index (χ4n) is 3.15. The maximum atomic E-state index is 6.15. The van der Waals surface area contributed by atoms with Crippen LogP contribution in [0.2, 0.25) is 13.1 Å². The lowest BCUT2D eigenvalue weighted by Gasteiger charge is -2.20. The zero-order valence-corrected chi connectivity index (χ0v) is 15.2. The van der Waals surface area contributed by atoms with E-state index in [9.17, 15) is 0 Å². The van der Waals surface area contributed by atoms with Gasteiger partial charge in [0.2, 0.25) is 0 Å². The van der Waals surface area contributed by atoms with Crippen LogP contribution in [0.4, 0.5) is 11.4 Å². The lowest BCUT2D eigenvalue weighted by molar-refractivity contribution is 0.668. The fraction of sp³-hybridized carbons (Fsp3) is 0.143. The van der Waals surface area contributed by atoms with Crippen LogP contribution < -0.4 is 10.1 Å². The molecule has 3 aromatic carbocycles. The zero-order chi connectivity index (χ0) is 16.7. The molecule has 0 amide bonds. The van der Waals surface area contributed by atoms with Crippen LogP contribution in [-0.2, 0) is 0 Å². The minimum atomic E-state index is -0.407. The van der Waals surface area contributed by atoms with E-state index in [-0.39, 0.29) is 0 Å². The van der Waals surface area contributed by atoms with E-state index < -0.39 is 8.80 Å². The lowest BCUT2D eigenvalue weighted by atomic mass is 10.1.